The molecule has 2 N–H and O–H groups in total. The van der Waals surface area contributed by atoms with Crippen LogP contribution in [0.5, 0.6) is 0 Å². The zero-order chi connectivity index (χ0) is 6.85. The minimum Gasteiger partial charge on any atom is -0.315 e. The Hall–Kier alpha value is -1.03. The maximum Gasteiger partial charge on any atom is 0.269 e. The number of nitrogens with zero attached hydrogens (tertiary/aromatic N) is 2. The van der Waals surface area contributed by atoms with Gasteiger partial charge in [0.15, 0.2) is 0 Å². The Kier molecular flexibility index (Phi) is 1.40. The molecule has 0 fully saturated rings. The van der Waals surface area contributed by atoms with Crippen LogP contribution in [-0.2, 0) is 4.79 Å². The van der Waals surface area contributed by atoms with Gasteiger partial charge in [0.1, 0.15) is 11.9 Å². The largest absolute Gasteiger partial charge is 0.315 e. The SMILES string of the molecule is CC1=NC(=O)[C@H](N)C=N1. The zero-order valence-corrected chi connectivity index (χ0v) is 5.03. The van der Waals surface area contributed by atoms with Gasteiger partial charge in [-0.1, -0.05) is 0 Å². The highest BCUT2D eigenvalue weighted by Crippen LogP contribution is 1.91. The van der Waals surface area contributed by atoms with E-state index in [1.165, 1.54) is 6.21 Å². The van der Waals surface area contributed by atoms with Crippen molar-refractivity contribution in [1.29, 1.82) is 0 Å². The van der Waals surface area contributed by atoms with Crippen molar-refractivity contribution < 1.29 is 4.79 Å². The van der Waals surface area contributed by atoms with E-state index in [2.05, 4.69) is 9.98 Å². The van der Waals surface area contributed by atoms with E-state index in [0.29, 0.717) is 5.84 Å². The molecule has 1 amide bonds. The summed E-state index contributed by atoms with van der Waals surface area (Å²) in [4.78, 5) is 17.9. The van der Waals surface area contributed by atoms with Gasteiger partial charge >= 0.3 is 0 Å². The molecule has 1 heterocycles. The number of hydrogen-bond acceptors (Lipinski definition) is 3. The van der Waals surface area contributed by atoms with Crippen molar-refractivity contribution >= 4 is 18.0 Å². The first-order valence-corrected chi connectivity index (χ1v) is 2.59. The van der Waals surface area contributed by atoms with Crippen LogP contribution in [0.3, 0.4) is 0 Å². The lowest BCUT2D eigenvalue weighted by Gasteiger charge is -2.04. The number of amidine groups is 1. The fourth-order valence-electron chi connectivity index (χ4n) is 0.515. The third-order valence-corrected chi connectivity index (χ3v) is 0.979. The molecule has 1 rings (SSSR count). The molecule has 0 saturated heterocycles. The van der Waals surface area contributed by atoms with Crippen molar-refractivity contribution in [2.45, 2.75) is 13.0 Å². The summed E-state index contributed by atoms with van der Waals surface area (Å²) in [6.45, 7) is 1.65. The fourth-order valence-corrected chi connectivity index (χ4v) is 0.515. The topological polar surface area (TPSA) is 67.8 Å². The van der Waals surface area contributed by atoms with Crippen LogP contribution in [0.4, 0.5) is 0 Å². The highest BCUT2D eigenvalue weighted by atomic mass is 16.1. The van der Waals surface area contributed by atoms with Crippen LogP contribution in [-0.4, -0.2) is 24.0 Å². The van der Waals surface area contributed by atoms with Gasteiger partial charge in [-0.25, -0.2) is 4.99 Å². The molecular weight excluding hydrogens is 118 g/mol. The van der Waals surface area contributed by atoms with Gasteiger partial charge in [-0.05, 0) is 6.92 Å². The number of hydrogen-bond donors (Lipinski definition) is 1. The Bertz CT molecular complexity index is 194. The summed E-state index contributed by atoms with van der Waals surface area (Å²) in [7, 11) is 0. The second-order valence-corrected chi connectivity index (χ2v) is 1.80. The van der Waals surface area contributed by atoms with E-state index in [1.54, 1.807) is 6.92 Å². The van der Waals surface area contributed by atoms with Crippen LogP contribution in [0.2, 0.25) is 0 Å². The Labute approximate surface area is 52.5 Å². The molecule has 0 aromatic rings. The molecular formula is C5H7N3O. The average Bonchev–Trinajstić information content (AvgIpc) is 1.80. The summed E-state index contributed by atoms with van der Waals surface area (Å²) < 4.78 is 0. The van der Waals surface area contributed by atoms with Crippen LogP contribution in [0, 0.1) is 0 Å². The van der Waals surface area contributed by atoms with Gasteiger partial charge in [0, 0.05) is 6.21 Å². The van der Waals surface area contributed by atoms with Crippen LogP contribution in [0.1, 0.15) is 6.92 Å². The van der Waals surface area contributed by atoms with Crippen molar-refractivity contribution in [3.8, 4) is 0 Å². The van der Waals surface area contributed by atoms with Crippen molar-refractivity contribution in [3.63, 3.8) is 0 Å². The maximum absolute atomic E-state index is 10.6. The van der Waals surface area contributed by atoms with Gasteiger partial charge in [0.25, 0.3) is 5.91 Å². The van der Waals surface area contributed by atoms with Gasteiger partial charge in [-0.15, -0.1) is 0 Å². The normalized spacial score (nSPS) is 26.2. The molecule has 0 radical (unpaired) electrons. The second-order valence-electron chi connectivity index (χ2n) is 1.80. The van der Waals surface area contributed by atoms with Gasteiger partial charge < -0.3 is 5.73 Å². The van der Waals surface area contributed by atoms with Crippen LogP contribution < -0.4 is 5.73 Å². The summed E-state index contributed by atoms with van der Waals surface area (Å²) in [5, 5.41) is 0. The minimum absolute atomic E-state index is 0.317. The molecule has 0 aliphatic carbocycles. The molecule has 1 atom stereocenters. The number of carbonyl (C=O) groups is 1. The number of amides is 1. The average molecular weight is 125 g/mol. The van der Waals surface area contributed by atoms with Gasteiger partial charge in [0.2, 0.25) is 0 Å². The van der Waals surface area contributed by atoms with E-state index < -0.39 is 6.04 Å². The number of nitrogens with two attached hydrogens (primary N) is 1. The summed E-state index contributed by atoms with van der Waals surface area (Å²) in [5.74, 6) is 0.157. The van der Waals surface area contributed by atoms with E-state index in [-0.39, 0.29) is 5.91 Å². The molecule has 0 aromatic carbocycles. The van der Waals surface area contributed by atoms with Gasteiger partial charge in [-0.2, -0.15) is 4.99 Å². The van der Waals surface area contributed by atoms with Crippen LogP contribution in [0.25, 0.3) is 0 Å². The van der Waals surface area contributed by atoms with E-state index in [1.807, 2.05) is 0 Å². The van der Waals surface area contributed by atoms with Crippen LogP contribution >= 0.6 is 0 Å². The lowest BCUT2D eigenvalue weighted by molar-refractivity contribution is -0.117. The van der Waals surface area contributed by atoms with Crippen molar-refractivity contribution in [2.75, 3.05) is 0 Å². The monoisotopic (exact) mass is 125 g/mol. The molecule has 0 saturated carbocycles. The molecule has 0 bridgehead atoms. The molecule has 4 nitrogen and oxygen atoms in total. The maximum atomic E-state index is 10.6. The quantitative estimate of drug-likeness (QED) is 0.467. The Morgan fingerprint density at radius 3 is 2.89 bits per heavy atom. The Morgan fingerprint density at radius 2 is 2.44 bits per heavy atom. The molecule has 1 aliphatic heterocycles. The van der Waals surface area contributed by atoms with Gasteiger partial charge in [0.05, 0.1) is 0 Å². The summed E-state index contributed by atoms with van der Waals surface area (Å²) in [6, 6.07) is -0.631. The first kappa shape index (κ1) is 6.10. The second kappa shape index (κ2) is 2.06. The molecule has 0 unspecified atom stereocenters. The molecule has 0 aromatic heterocycles. The number of carbonyl (C=O) groups excluding carboxylic acids is 1. The summed E-state index contributed by atoms with van der Waals surface area (Å²) in [6.07, 6.45) is 1.39. The number of aliphatic imine (C=N–C) groups is 2. The first-order chi connectivity index (χ1) is 4.20. The summed E-state index contributed by atoms with van der Waals surface area (Å²) in [5.41, 5.74) is 5.23. The fraction of sp³-hybridized carbons (Fsp3) is 0.400. The predicted molar refractivity (Wildman–Crippen MR) is 34.6 cm³/mol. The van der Waals surface area contributed by atoms with Gasteiger partial charge in [-0.3, -0.25) is 4.79 Å². The number of rotatable bonds is 0. The third kappa shape index (κ3) is 1.20. The molecule has 4 heteroatoms. The lowest BCUT2D eigenvalue weighted by atomic mass is 10.3. The lowest BCUT2D eigenvalue weighted by Crippen LogP contribution is -2.33. The highest BCUT2D eigenvalue weighted by molar-refractivity contribution is 6.10. The first-order valence-electron chi connectivity index (χ1n) is 2.59. The van der Waals surface area contributed by atoms with Crippen molar-refractivity contribution in [3.05, 3.63) is 0 Å². The molecule has 1 aliphatic rings. The van der Waals surface area contributed by atoms with E-state index in [4.69, 9.17) is 5.73 Å². The van der Waals surface area contributed by atoms with E-state index >= 15 is 0 Å². The molecule has 48 valence electrons. The standard InChI is InChI=1S/C5H7N3O/c1-3-7-2-4(6)5(9)8-3/h2,4H,6H2,1H3/t4-/m1/s1. The third-order valence-electron chi connectivity index (χ3n) is 0.979. The summed E-state index contributed by atoms with van der Waals surface area (Å²) >= 11 is 0. The predicted octanol–water partition coefficient (Wildman–Crippen LogP) is -0.657. The smallest absolute Gasteiger partial charge is 0.269 e. The highest BCUT2D eigenvalue weighted by Gasteiger charge is 2.12. The molecule has 0 spiro atoms. The van der Waals surface area contributed by atoms with Crippen LogP contribution in [0.15, 0.2) is 9.98 Å². The van der Waals surface area contributed by atoms with E-state index in [0.717, 1.165) is 0 Å². The minimum atomic E-state index is -0.631. The van der Waals surface area contributed by atoms with E-state index in [9.17, 15) is 4.79 Å². The Balaban J connectivity index is 2.82. The van der Waals surface area contributed by atoms with Crippen molar-refractivity contribution in [2.24, 2.45) is 15.7 Å². The Morgan fingerprint density at radius 1 is 1.78 bits per heavy atom. The zero-order valence-electron chi connectivity index (χ0n) is 5.03. The molecule has 9 heavy (non-hydrogen) atoms. The van der Waals surface area contributed by atoms with Crippen molar-refractivity contribution in [1.82, 2.24) is 0 Å².